The van der Waals surface area contributed by atoms with Crippen molar-refractivity contribution in [1.82, 2.24) is 9.13 Å². The van der Waals surface area contributed by atoms with Gasteiger partial charge in [-0.2, -0.15) is 0 Å². The number of nitrogens with zero attached hydrogens (tertiary/aromatic N) is 2. The van der Waals surface area contributed by atoms with E-state index in [-0.39, 0.29) is 5.41 Å². The van der Waals surface area contributed by atoms with Crippen molar-refractivity contribution < 1.29 is 0 Å². The molecule has 0 unspecified atom stereocenters. The van der Waals surface area contributed by atoms with E-state index in [0.717, 1.165) is 0 Å². The number of hydrogen-bond acceptors (Lipinski definition) is 0. The predicted molar refractivity (Wildman–Crippen MR) is 163 cm³/mol. The highest BCUT2D eigenvalue weighted by Gasteiger charge is 2.22. The van der Waals surface area contributed by atoms with Gasteiger partial charge >= 0.3 is 0 Å². The number of benzene rings is 5. The molecule has 0 atom stereocenters. The van der Waals surface area contributed by atoms with Crippen LogP contribution in [-0.4, -0.2) is 9.13 Å². The number of fused-ring (bicyclic) bond motifs is 6. The SMILES string of the molecule is CCCC(C)(C)c1ccc2c(c1)c1ccccc1n2-c1cccc(-n2c3ccccc3c3ccccc32)c1. The highest BCUT2D eigenvalue weighted by Crippen LogP contribution is 2.38. The average Bonchev–Trinajstić information content (AvgIpc) is 3.46. The predicted octanol–water partition coefficient (Wildman–Crippen LogP) is 9.96. The first kappa shape index (κ1) is 22.9. The first-order valence-corrected chi connectivity index (χ1v) is 13.7. The monoisotopic (exact) mass is 492 g/mol. The third-order valence-corrected chi connectivity index (χ3v) is 8.26. The molecule has 2 aromatic heterocycles. The minimum atomic E-state index is 0.155. The Morgan fingerprint density at radius 2 is 0.974 bits per heavy atom. The van der Waals surface area contributed by atoms with E-state index in [1.807, 2.05) is 0 Å². The summed E-state index contributed by atoms with van der Waals surface area (Å²) in [5.41, 5.74) is 8.87. The van der Waals surface area contributed by atoms with Gasteiger partial charge in [0.15, 0.2) is 0 Å². The largest absolute Gasteiger partial charge is 0.309 e. The quantitative estimate of drug-likeness (QED) is 0.226. The molecular formula is C36H32N2. The Labute approximate surface area is 223 Å². The summed E-state index contributed by atoms with van der Waals surface area (Å²) in [6.07, 6.45) is 2.36. The van der Waals surface area contributed by atoms with E-state index in [0.29, 0.717) is 0 Å². The molecule has 38 heavy (non-hydrogen) atoms. The summed E-state index contributed by atoms with van der Waals surface area (Å²) in [5.74, 6) is 0. The van der Waals surface area contributed by atoms with Crippen LogP contribution in [0.5, 0.6) is 0 Å². The van der Waals surface area contributed by atoms with E-state index in [1.54, 1.807) is 0 Å². The lowest BCUT2D eigenvalue weighted by molar-refractivity contribution is 0.473. The molecule has 0 aliphatic heterocycles. The van der Waals surface area contributed by atoms with Crippen LogP contribution in [0.15, 0.2) is 115 Å². The van der Waals surface area contributed by atoms with E-state index < -0.39 is 0 Å². The van der Waals surface area contributed by atoms with Crippen LogP contribution < -0.4 is 0 Å². The van der Waals surface area contributed by atoms with Gasteiger partial charge in [-0.15, -0.1) is 0 Å². The van der Waals surface area contributed by atoms with Crippen molar-refractivity contribution in [2.45, 2.75) is 39.0 Å². The second-order valence-electron chi connectivity index (χ2n) is 11.1. The van der Waals surface area contributed by atoms with Crippen molar-refractivity contribution in [3.05, 3.63) is 121 Å². The molecule has 0 spiro atoms. The van der Waals surface area contributed by atoms with Crippen molar-refractivity contribution in [2.75, 3.05) is 0 Å². The fourth-order valence-electron chi connectivity index (χ4n) is 6.41. The Hall–Kier alpha value is -4.30. The number of aromatic nitrogens is 2. The van der Waals surface area contributed by atoms with E-state index in [1.165, 1.54) is 73.4 Å². The fourth-order valence-corrected chi connectivity index (χ4v) is 6.41. The van der Waals surface area contributed by atoms with Crippen LogP contribution >= 0.6 is 0 Å². The van der Waals surface area contributed by atoms with Gasteiger partial charge < -0.3 is 9.13 Å². The first-order chi connectivity index (χ1) is 18.6. The maximum absolute atomic E-state index is 2.43. The van der Waals surface area contributed by atoms with Crippen LogP contribution in [0.3, 0.4) is 0 Å². The molecule has 0 saturated heterocycles. The summed E-state index contributed by atoms with van der Waals surface area (Å²) in [5, 5.41) is 5.20. The summed E-state index contributed by atoms with van der Waals surface area (Å²) in [6.45, 7) is 7.01. The van der Waals surface area contributed by atoms with Gasteiger partial charge in [0.05, 0.1) is 22.1 Å². The Kier molecular flexibility index (Phi) is 5.19. The van der Waals surface area contributed by atoms with Gasteiger partial charge in [0.1, 0.15) is 0 Å². The molecule has 2 nitrogen and oxygen atoms in total. The van der Waals surface area contributed by atoms with E-state index in [4.69, 9.17) is 0 Å². The van der Waals surface area contributed by atoms with Crippen LogP contribution in [0.4, 0.5) is 0 Å². The molecule has 0 N–H and O–H groups in total. The summed E-state index contributed by atoms with van der Waals surface area (Å²) in [6, 6.07) is 42.3. The molecule has 0 aliphatic carbocycles. The van der Waals surface area contributed by atoms with Gasteiger partial charge in [0, 0.05) is 32.9 Å². The first-order valence-electron chi connectivity index (χ1n) is 13.7. The molecule has 5 aromatic carbocycles. The number of rotatable bonds is 5. The van der Waals surface area contributed by atoms with E-state index in [2.05, 4.69) is 145 Å². The van der Waals surface area contributed by atoms with Crippen LogP contribution in [0.25, 0.3) is 55.0 Å². The lowest BCUT2D eigenvalue weighted by atomic mass is 9.80. The van der Waals surface area contributed by atoms with Crippen LogP contribution in [-0.2, 0) is 5.41 Å². The molecule has 7 rings (SSSR count). The van der Waals surface area contributed by atoms with E-state index in [9.17, 15) is 0 Å². The smallest absolute Gasteiger partial charge is 0.0541 e. The zero-order valence-electron chi connectivity index (χ0n) is 22.3. The fraction of sp³-hybridized carbons (Fsp3) is 0.167. The summed E-state index contributed by atoms with van der Waals surface area (Å²) < 4.78 is 4.83. The van der Waals surface area contributed by atoms with Gasteiger partial charge in [0.2, 0.25) is 0 Å². The molecule has 7 aromatic rings. The zero-order valence-corrected chi connectivity index (χ0v) is 22.3. The summed E-state index contributed by atoms with van der Waals surface area (Å²) in [4.78, 5) is 0. The standard InChI is InChI=1S/C36H32N2/c1-4-22-36(2,3)25-20-21-35-31(23-25)30-16-7-10-19-34(30)38(35)27-13-11-12-26(24-27)37-32-17-8-5-14-28(32)29-15-6-9-18-33(29)37/h5-21,23-24H,4,22H2,1-3H3. The van der Waals surface area contributed by atoms with Gasteiger partial charge in [-0.3, -0.25) is 0 Å². The molecule has 0 fully saturated rings. The molecule has 2 heterocycles. The molecule has 0 saturated carbocycles. The second-order valence-corrected chi connectivity index (χ2v) is 11.1. The third-order valence-electron chi connectivity index (χ3n) is 8.26. The van der Waals surface area contributed by atoms with Crippen molar-refractivity contribution in [1.29, 1.82) is 0 Å². The second kappa shape index (κ2) is 8.63. The Morgan fingerprint density at radius 3 is 1.50 bits per heavy atom. The van der Waals surface area contributed by atoms with Gasteiger partial charge in [-0.25, -0.2) is 0 Å². The zero-order chi connectivity index (χ0) is 25.9. The molecule has 0 aliphatic rings. The highest BCUT2D eigenvalue weighted by molar-refractivity contribution is 6.10. The molecule has 2 heteroatoms. The Balaban J connectivity index is 1.48. The van der Waals surface area contributed by atoms with Crippen molar-refractivity contribution in [2.24, 2.45) is 0 Å². The maximum atomic E-state index is 2.43. The molecule has 186 valence electrons. The summed E-state index contributed by atoms with van der Waals surface area (Å²) >= 11 is 0. The minimum Gasteiger partial charge on any atom is -0.309 e. The normalized spacial score (nSPS) is 12.3. The molecular weight excluding hydrogens is 460 g/mol. The lowest BCUT2D eigenvalue weighted by Crippen LogP contribution is -2.16. The van der Waals surface area contributed by atoms with Gasteiger partial charge in [-0.05, 0) is 65.9 Å². The van der Waals surface area contributed by atoms with Gasteiger partial charge in [-0.1, -0.05) is 93.9 Å². The van der Waals surface area contributed by atoms with Crippen molar-refractivity contribution in [3.63, 3.8) is 0 Å². The molecule has 0 bridgehead atoms. The maximum Gasteiger partial charge on any atom is 0.0541 e. The van der Waals surface area contributed by atoms with Crippen molar-refractivity contribution in [3.8, 4) is 11.4 Å². The highest BCUT2D eigenvalue weighted by atomic mass is 15.0. The number of hydrogen-bond donors (Lipinski definition) is 0. The van der Waals surface area contributed by atoms with Crippen LogP contribution in [0.2, 0.25) is 0 Å². The summed E-state index contributed by atoms with van der Waals surface area (Å²) in [7, 11) is 0. The minimum absolute atomic E-state index is 0.155. The van der Waals surface area contributed by atoms with Crippen LogP contribution in [0, 0.1) is 0 Å². The Bertz CT molecular complexity index is 1910. The van der Waals surface area contributed by atoms with Crippen molar-refractivity contribution >= 4 is 43.6 Å². The average molecular weight is 493 g/mol. The Morgan fingerprint density at radius 1 is 0.500 bits per heavy atom. The third kappa shape index (κ3) is 3.40. The van der Waals surface area contributed by atoms with Crippen LogP contribution in [0.1, 0.15) is 39.2 Å². The van der Waals surface area contributed by atoms with E-state index >= 15 is 0 Å². The molecule has 0 radical (unpaired) electrons. The topological polar surface area (TPSA) is 9.86 Å². The lowest BCUT2D eigenvalue weighted by Gasteiger charge is -2.25. The van der Waals surface area contributed by atoms with Gasteiger partial charge in [0.25, 0.3) is 0 Å². The number of para-hydroxylation sites is 3. The molecule has 0 amide bonds.